The Balaban J connectivity index is 1.90. The van der Waals surface area contributed by atoms with Crippen molar-refractivity contribution in [2.24, 2.45) is 0 Å². The molecular weight excluding hydrogens is 325 g/mol. The third kappa shape index (κ3) is 3.23. The van der Waals surface area contributed by atoms with Gasteiger partial charge in [-0.1, -0.05) is 25.5 Å². The molecule has 2 heterocycles. The van der Waals surface area contributed by atoms with Gasteiger partial charge in [-0.25, -0.2) is 9.37 Å². The Kier molecular flexibility index (Phi) is 4.76. The van der Waals surface area contributed by atoms with Crippen LogP contribution in [0, 0.1) is 5.82 Å². The van der Waals surface area contributed by atoms with Gasteiger partial charge in [-0.15, -0.1) is 11.3 Å². The maximum absolute atomic E-state index is 13.7. The summed E-state index contributed by atoms with van der Waals surface area (Å²) in [4.78, 5) is 18.1. The Hall–Kier alpha value is -2.47. The zero-order valence-corrected chi connectivity index (χ0v) is 14.1. The average molecular weight is 343 g/mol. The molecule has 0 saturated heterocycles. The van der Waals surface area contributed by atoms with Gasteiger partial charge in [0, 0.05) is 11.1 Å². The van der Waals surface area contributed by atoms with Gasteiger partial charge in [0.25, 0.3) is 5.91 Å². The molecule has 1 amide bonds. The number of halogens is 1. The zero-order chi connectivity index (χ0) is 17.1. The van der Waals surface area contributed by atoms with Gasteiger partial charge >= 0.3 is 0 Å². The number of rotatable bonds is 5. The van der Waals surface area contributed by atoms with Gasteiger partial charge in [0.2, 0.25) is 0 Å². The molecule has 0 radical (unpaired) electrons. The van der Waals surface area contributed by atoms with Crippen LogP contribution in [0.1, 0.15) is 35.1 Å². The van der Waals surface area contributed by atoms with Crippen LogP contribution in [0.15, 0.2) is 36.4 Å². The number of nitrogen functional groups attached to an aromatic ring is 1. The minimum atomic E-state index is -0.481. The molecular formula is C18H18FN3OS. The van der Waals surface area contributed by atoms with Crippen molar-refractivity contribution in [2.45, 2.75) is 26.2 Å². The number of pyridine rings is 1. The summed E-state index contributed by atoms with van der Waals surface area (Å²) in [5, 5.41) is 3.33. The molecule has 3 aromatic rings. The molecule has 0 aliphatic rings. The number of thiophene rings is 1. The molecule has 3 N–H and O–H groups in total. The van der Waals surface area contributed by atoms with E-state index in [1.54, 1.807) is 12.1 Å². The topological polar surface area (TPSA) is 68.0 Å². The molecule has 6 heteroatoms. The molecule has 0 saturated carbocycles. The summed E-state index contributed by atoms with van der Waals surface area (Å²) in [6.07, 6.45) is 3.07. The predicted octanol–water partition coefficient (Wildman–Crippen LogP) is 4.61. The highest BCUT2D eigenvalue weighted by Gasteiger charge is 2.18. The molecule has 0 spiro atoms. The van der Waals surface area contributed by atoms with Crippen LogP contribution >= 0.6 is 11.3 Å². The van der Waals surface area contributed by atoms with E-state index in [0.717, 1.165) is 35.2 Å². The van der Waals surface area contributed by atoms with E-state index < -0.39 is 11.7 Å². The second kappa shape index (κ2) is 6.97. The lowest BCUT2D eigenvalue weighted by Crippen LogP contribution is -2.12. The summed E-state index contributed by atoms with van der Waals surface area (Å²) >= 11 is 1.23. The lowest BCUT2D eigenvalue weighted by Gasteiger charge is -2.05. The summed E-state index contributed by atoms with van der Waals surface area (Å²) in [7, 11) is 0. The van der Waals surface area contributed by atoms with Crippen molar-refractivity contribution in [1.29, 1.82) is 0 Å². The SMILES string of the molecule is CCCCc1ccc2c(N)c(C(=O)Nc3ccccc3F)sc2n1. The largest absolute Gasteiger partial charge is 0.397 e. The van der Waals surface area contributed by atoms with E-state index in [-0.39, 0.29) is 5.69 Å². The number of anilines is 2. The van der Waals surface area contributed by atoms with Gasteiger partial charge in [0.1, 0.15) is 15.5 Å². The number of nitrogens with two attached hydrogens (primary N) is 1. The normalized spacial score (nSPS) is 10.9. The van der Waals surface area contributed by atoms with Gasteiger partial charge in [-0.05, 0) is 37.1 Å². The van der Waals surface area contributed by atoms with Crippen molar-refractivity contribution in [2.75, 3.05) is 11.1 Å². The number of nitrogens with zero attached hydrogens (tertiary/aromatic N) is 1. The number of benzene rings is 1. The minimum absolute atomic E-state index is 0.135. The number of aromatic nitrogens is 1. The van der Waals surface area contributed by atoms with Crippen LogP contribution in [0.4, 0.5) is 15.8 Å². The maximum Gasteiger partial charge on any atom is 0.268 e. The number of carbonyl (C=O) groups is 1. The third-order valence-electron chi connectivity index (χ3n) is 3.77. The van der Waals surface area contributed by atoms with Crippen molar-refractivity contribution in [3.05, 3.63) is 52.8 Å². The lowest BCUT2D eigenvalue weighted by molar-refractivity contribution is 0.103. The van der Waals surface area contributed by atoms with E-state index in [1.165, 1.54) is 23.5 Å². The van der Waals surface area contributed by atoms with Gasteiger partial charge in [-0.2, -0.15) is 0 Å². The van der Waals surface area contributed by atoms with Crippen LogP contribution in [0.2, 0.25) is 0 Å². The fourth-order valence-electron chi connectivity index (χ4n) is 2.44. The summed E-state index contributed by atoms with van der Waals surface area (Å²) in [6.45, 7) is 2.13. The van der Waals surface area contributed by atoms with Gasteiger partial charge < -0.3 is 11.1 Å². The summed E-state index contributed by atoms with van der Waals surface area (Å²) in [5.41, 5.74) is 7.61. The van der Waals surface area contributed by atoms with Crippen LogP contribution in [0.3, 0.4) is 0 Å². The molecule has 4 nitrogen and oxygen atoms in total. The van der Waals surface area contributed by atoms with Crippen LogP contribution < -0.4 is 11.1 Å². The van der Waals surface area contributed by atoms with E-state index in [0.29, 0.717) is 10.6 Å². The first kappa shape index (κ1) is 16.4. The molecule has 124 valence electrons. The highest BCUT2D eigenvalue weighted by Crippen LogP contribution is 2.33. The number of carbonyl (C=O) groups excluding carboxylic acids is 1. The van der Waals surface area contributed by atoms with E-state index in [9.17, 15) is 9.18 Å². The first-order chi connectivity index (χ1) is 11.6. The highest BCUT2D eigenvalue weighted by molar-refractivity contribution is 7.21. The average Bonchev–Trinajstić information content (AvgIpc) is 2.91. The number of amides is 1. The summed E-state index contributed by atoms with van der Waals surface area (Å²) in [6, 6.07) is 9.89. The van der Waals surface area contributed by atoms with Crippen molar-refractivity contribution < 1.29 is 9.18 Å². The Morgan fingerprint density at radius 3 is 2.83 bits per heavy atom. The Labute approximate surface area is 143 Å². The summed E-state index contributed by atoms with van der Waals surface area (Å²) < 4.78 is 13.7. The highest BCUT2D eigenvalue weighted by atomic mass is 32.1. The second-order valence-electron chi connectivity index (χ2n) is 5.54. The molecule has 3 rings (SSSR count). The van der Waals surface area contributed by atoms with Crippen LogP contribution in [0.25, 0.3) is 10.2 Å². The molecule has 0 fully saturated rings. The monoisotopic (exact) mass is 343 g/mol. The summed E-state index contributed by atoms with van der Waals surface area (Å²) in [5.74, 6) is -0.902. The van der Waals surface area contributed by atoms with Gasteiger partial charge in [-0.3, -0.25) is 4.79 Å². The Morgan fingerprint density at radius 1 is 1.29 bits per heavy atom. The molecule has 0 atom stereocenters. The molecule has 0 aliphatic carbocycles. The fraction of sp³-hybridized carbons (Fsp3) is 0.222. The fourth-order valence-corrected chi connectivity index (χ4v) is 3.45. The zero-order valence-electron chi connectivity index (χ0n) is 13.3. The predicted molar refractivity (Wildman–Crippen MR) is 97.0 cm³/mol. The molecule has 0 unspecified atom stereocenters. The molecule has 1 aromatic carbocycles. The van der Waals surface area contributed by atoms with Crippen molar-refractivity contribution >= 4 is 38.8 Å². The van der Waals surface area contributed by atoms with E-state index in [1.807, 2.05) is 12.1 Å². The van der Waals surface area contributed by atoms with Crippen molar-refractivity contribution in [3.8, 4) is 0 Å². The van der Waals surface area contributed by atoms with E-state index in [2.05, 4.69) is 17.2 Å². The van der Waals surface area contributed by atoms with Crippen LogP contribution in [-0.2, 0) is 6.42 Å². The third-order valence-corrected chi connectivity index (χ3v) is 4.88. The first-order valence-electron chi connectivity index (χ1n) is 7.84. The Bertz CT molecular complexity index is 891. The number of unbranched alkanes of at least 4 members (excludes halogenated alkanes) is 1. The van der Waals surface area contributed by atoms with Gasteiger partial charge in [0.05, 0.1) is 11.4 Å². The standard InChI is InChI=1S/C18H18FN3OS/c1-2-3-6-11-9-10-12-15(20)16(24-18(12)21-11)17(23)22-14-8-5-4-7-13(14)19/h4-5,7-10H,2-3,6,20H2,1H3,(H,22,23). The van der Waals surface area contributed by atoms with Crippen molar-refractivity contribution in [1.82, 2.24) is 4.98 Å². The number of nitrogens with one attached hydrogen (secondary N) is 1. The number of hydrogen-bond acceptors (Lipinski definition) is 4. The van der Waals surface area contributed by atoms with Crippen LogP contribution in [0.5, 0.6) is 0 Å². The van der Waals surface area contributed by atoms with Crippen LogP contribution in [-0.4, -0.2) is 10.9 Å². The number of para-hydroxylation sites is 1. The number of hydrogen-bond donors (Lipinski definition) is 2. The molecule has 0 bridgehead atoms. The number of aryl methyl sites for hydroxylation is 1. The smallest absolute Gasteiger partial charge is 0.268 e. The molecule has 2 aromatic heterocycles. The number of fused-ring (bicyclic) bond motifs is 1. The molecule has 0 aliphatic heterocycles. The van der Waals surface area contributed by atoms with E-state index in [4.69, 9.17) is 5.73 Å². The first-order valence-corrected chi connectivity index (χ1v) is 8.65. The maximum atomic E-state index is 13.7. The van der Waals surface area contributed by atoms with Crippen molar-refractivity contribution in [3.63, 3.8) is 0 Å². The molecule has 24 heavy (non-hydrogen) atoms. The van der Waals surface area contributed by atoms with E-state index >= 15 is 0 Å². The van der Waals surface area contributed by atoms with Gasteiger partial charge in [0.15, 0.2) is 0 Å². The Morgan fingerprint density at radius 2 is 2.08 bits per heavy atom. The second-order valence-corrected chi connectivity index (χ2v) is 6.54. The minimum Gasteiger partial charge on any atom is -0.397 e. The quantitative estimate of drug-likeness (QED) is 0.711. The lowest BCUT2D eigenvalue weighted by atomic mass is 10.1.